The Kier molecular flexibility index (Phi) is 9.27. The fourth-order valence-electron chi connectivity index (χ4n) is 3.37. The largest absolute Gasteiger partial charge is 0.493 e. The molecule has 1 N–H and O–H groups in total. The molecular weight excluding hydrogens is 500 g/mol. The molecule has 0 aliphatic carbocycles. The molecule has 194 valence electrons. The van der Waals surface area contributed by atoms with Crippen molar-refractivity contribution in [1.29, 1.82) is 0 Å². The van der Waals surface area contributed by atoms with E-state index in [0.717, 1.165) is 17.3 Å². The highest BCUT2D eigenvalue weighted by Crippen LogP contribution is 2.33. The number of ether oxygens (including phenoxy) is 4. The van der Waals surface area contributed by atoms with Gasteiger partial charge in [-0.25, -0.2) is 9.59 Å². The van der Waals surface area contributed by atoms with Gasteiger partial charge in [0.2, 0.25) is 5.91 Å². The van der Waals surface area contributed by atoms with Crippen LogP contribution >= 0.6 is 11.8 Å². The Morgan fingerprint density at radius 3 is 2.35 bits per heavy atom. The van der Waals surface area contributed by atoms with Crippen LogP contribution in [-0.2, 0) is 20.8 Å². The standard InChI is InChI=1S/C25H26N4O7S/c1-6-11-29-22(15-8-10-19(33-2)20(13-15)34-3)27-28-25(29)37-14-21(30)26-18-12-16(23(31)35-4)7-9-17(18)24(32)36-5/h6-10,12-13H,1,11,14H2,2-5H3,(H,26,30). The number of amides is 1. The van der Waals surface area contributed by atoms with Crippen molar-refractivity contribution in [3.8, 4) is 22.9 Å². The summed E-state index contributed by atoms with van der Waals surface area (Å²) >= 11 is 1.15. The molecule has 0 unspecified atom stereocenters. The van der Waals surface area contributed by atoms with Gasteiger partial charge < -0.3 is 24.3 Å². The summed E-state index contributed by atoms with van der Waals surface area (Å²) in [6.07, 6.45) is 1.69. The molecule has 0 atom stereocenters. The molecule has 3 rings (SSSR count). The molecule has 0 fully saturated rings. The molecule has 0 saturated heterocycles. The second kappa shape index (κ2) is 12.6. The summed E-state index contributed by atoms with van der Waals surface area (Å²) in [5, 5.41) is 11.7. The quantitative estimate of drug-likeness (QED) is 0.225. The molecule has 0 bridgehead atoms. The number of rotatable bonds is 11. The Balaban J connectivity index is 1.82. The number of nitrogens with zero attached hydrogens (tertiary/aromatic N) is 3. The number of benzene rings is 2. The van der Waals surface area contributed by atoms with E-state index in [1.54, 1.807) is 32.4 Å². The minimum Gasteiger partial charge on any atom is -0.493 e. The van der Waals surface area contributed by atoms with Gasteiger partial charge in [0.1, 0.15) is 0 Å². The van der Waals surface area contributed by atoms with E-state index in [1.807, 2.05) is 10.6 Å². The molecule has 2 aromatic carbocycles. The fraction of sp³-hybridized carbons (Fsp3) is 0.240. The minimum atomic E-state index is -0.662. The number of nitrogens with one attached hydrogen (secondary N) is 1. The minimum absolute atomic E-state index is 0.0513. The highest BCUT2D eigenvalue weighted by molar-refractivity contribution is 7.99. The Bertz CT molecular complexity index is 1320. The van der Waals surface area contributed by atoms with Gasteiger partial charge in [-0.05, 0) is 36.4 Å². The van der Waals surface area contributed by atoms with Crippen molar-refractivity contribution in [2.75, 3.05) is 39.5 Å². The first kappa shape index (κ1) is 27.3. The van der Waals surface area contributed by atoms with Crippen molar-refractivity contribution in [1.82, 2.24) is 14.8 Å². The maximum Gasteiger partial charge on any atom is 0.339 e. The number of aromatic nitrogens is 3. The molecule has 0 saturated carbocycles. The first-order chi connectivity index (χ1) is 17.9. The number of carbonyl (C=O) groups excluding carboxylic acids is 3. The van der Waals surface area contributed by atoms with Crippen LogP contribution in [-0.4, -0.2) is 66.8 Å². The smallest absolute Gasteiger partial charge is 0.339 e. The first-order valence-corrected chi connectivity index (χ1v) is 11.8. The van der Waals surface area contributed by atoms with Crippen molar-refractivity contribution in [3.63, 3.8) is 0 Å². The Labute approximate surface area is 217 Å². The topological polar surface area (TPSA) is 131 Å². The predicted octanol–water partition coefficient (Wildman–Crippen LogP) is 3.45. The lowest BCUT2D eigenvalue weighted by Gasteiger charge is -2.12. The number of thioether (sulfide) groups is 1. The number of esters is 2. The summed E-state index contributed by atoms with van der Waals surface area (Å²) in [6.45, 7) is 4.19. The highest BCUT2D eigenvalue weighted by Gasteiger charge is 2.20. The van der Waals surface area contributed by atoms with Crippen LogP contribution in [0.4, 0.5) is 5.69 Å². The van der Waals surface area contributed by atoms with Gasteiger partial charge in [0.05, 0.1) is 51.0 Å². The van der Waals surface area contributed by atoms with E-state index < -0.39 is 17.8 Å². The van der Waals surface area contributed by atoms with Crippen LogP contribution in [0.2, 0.25) is 0 Å². The number of hydrogen-bond acceptors (Lipinski definition) is 10. The molecule has 37 heavy (non-hydrogen) atoms. The molecular formula is C25H26N4O7S. The summed E-state index contributed by atoms with van der Waals surface area (Å²) in [5.41, 5.74) is 1.13. The van der Waals surface area contributed by atoms with E-state index in [4.69, 9.17) is 18.9 Å². The zero-order chi connectivity index (χ0) is 26.9. The SMILES string of the molecule is C=CCn1c(SCC(=O)Nc2cc(C(=O)OC)ccc2C(=O)OC)nnc1-c1ccc(OC)c(OC)c1. The summed E-state index contributed by atoms with van der Waals surface area (Å²) < 4.78 is 22.0. The molecule has 1 amide bonds. The summed E-state index contributed by atoms with van der Waals surface area (Å²) in [7, 11) is 5.56. The lowest BCUT2D eigenvalue weighted by atomic mass is 10.1. The van der Waals surface area contributed by atoms with Gasteiger partial charge in [-0.2, -0.15) is 0 Å². The van der Waals surface area contributed by atoms with Gasteiger partial charge in [0.25, 0.3) is 0 Å². The molecule has 0 aliphatic rings. The average Bonchev–Trinajstić information content (AvgIpc) is 3.33. The molecule has 11 nitrogen and oxygen atoms in total. The molecule has 12 heteroatoms. The van der Waals surface area contributed by atoms with E-state index in [9.17, 15) is 14.4 Å². The number of hydrogen-bond donors (Lipinski definition) is 1. The third-order valence-electron chi connectivity index (χ3n) is 5.12. The molecule has 0 spiro atoms. The lowest BCUT2D eigenvalue weighted by Crippen LogP contribution is -2.18. The van der Waals surface area contributed by atoms with Crippen molar-refractivity contribution < 1.29 is 33.3 Å². The lowest BCUT2D eigenvalue weighted by molar-refractivity contribution is -0.113. The number of carbonyl (C=O) groups is 3. The monoisotopic (exact) mass is 526 g/mol. The van der Waals surface area contributed by atoms with E-state index in [0.29, 0.717) is 29.0 Å². The van der Waals surface area contributed by atoms with E-state index in [2.05, 4.69) is 22.1 Å². The van der Waals surface area contributed by atoms with Gasteiger partial charge >= 0.3 is 11.9 Å². The van der Waals surface area contributed by atoms with Gasteiger partial charge in [-0.15, -0.1) is 16.8 Å². The molecule has 0 aliphatic heterocycles. The number of allylic oxidation sites excluding steroid dienone is 1. The van der Waals surface area contributed by atoms with Gasteiger partial charge in [0.15, 0.2) is 22.5 Å². The summed E-state index contributed by atoms with van der Waals surface area (Å²) in [4.78, 5) is 36.8. The summed E-state index contributed by atoms with van der Waals surface area (Å²) in [5.74, 6) is -0.0801. The van der Waals surface area contributed by atoms with E-state index >= 15 is 0 Å². The zero-order valence-corrected chi connectivity index (χ0v) is 21.6. The number of anilines is 1. The summed E-state index contributed by atoms with van der Waals surface area (Å²) in [6, 6.07) is 9.53. The second-order valence-electron chi connectivity index (χ2n) is 7.36. The van der Waals surface area contributed by atoms with Gasteiger partial charge in [-0.3, -0.25) is 9.36 Å². The molecule has 1 aromatic heterocycles. The zero-order valence-electron chi connectivity index (χ0n) is 20.8. The van der Waals surface area contributed by atoms with Crippen molar-refractivity contribution >= 4 is 35.3 Å². The molecule has 1 heterocycles. The maximum atomic E-state index is 12.8. The predicted molar refractivity (Wildman–Crippen MR) is 137 cm³/mol. The fourth-order valence-corrected chi connectivity index (χ4v) is 4.12. The van der Waals surface area contributed by atoms with E-state index in [-0.39, 0.29) is 22.6 Å². The maximum absolute atomic E-state index is 12.8. The van der Waals surface area contributed by atoms with Crippen molar-refractivity contribution in [2.45, 2.75) is 11.7 Å². The normalized spacial score (nSPS) is 10.4. The molecule has 3 aromatic rings. The first-order valence-electron chi connectivity index (χ1n) is 10.9. The van der Waals surface area contributed by atoms with Crippen LogP contribution in [0.25, 0.3) is 11.4 Å². The third kappa shape index (κ3) is 6.28. The van der Waals surface area contributed by atoms with Crippen LogP contribution in [0.3, 0.4) is 0 Å². The van der Waals surface area contributed by atoms with Crippen molar-refractivity contribution in [2.24, 2.45) is 0 Å². The number of methoxy groups -OCH3 is 4. The van der Waals surface area contributed by atoms with Crippen LogP contribution in [0.1, 0.15) is 20.7 Å². The van der Waals surface area contributed by atoms with Crippen LogP contribution in [0.5, 0.6) is 11.5 Å². The van der Waals surface area contributed by atoms with Crippen LogP contribution < -0.4 is 14.8 Å². The van der Waals surface area contributed by atoms with Crippen LogP contribution in [0, 0.1) is 0 Å². The van der Waals surface area contributed by atoms with Gasteiger partial charge in [-0.1, -0.05) is 17.8 Å². The Morgan fingerprint density at radius 2 is 1.70 bits per heavy atom. The second-order valence-corrected chi connectivity index (χ2v) is 8.30. The highest BCUT2D eigenvalue weighted by atomic mass is 32.2. The Hall–Kier alpha value is -4.32. The average molecular weight is 527 g/mol. The van der Waals surface area contributed by atoms with Crippen molar-refractivity contribution in [3.05, 3.63) is 60.2 Å². The molecule has 0 radical (unpaired) electrons. The van der Waals surface area contributed by atoms with E-state index in [1.165, 1.54) is 32.4 Å². The Morgan fingerprint density at radius 1 is 0.973 bits per heavy atom. The third-order valence-corrected chi connectivity index (χ3v) is 6.09. The van der Waals surface area contributed by atoms with Crippen LogP contribution in [0.15, 0.2) is 54.2 Å². The van der Waals surface area contributed by atoms with Gasteiger partial charge in [0, 0.05) is 12.1 Å².